The van der Waals surface area contributed by atoms with E-state index in [9.17, 15) is 0 Å². The van der Waals surface area contributed by atoms with Gasteiger partial charge in [-0.3, -0.25) is 0 Å². The highest BCUT2D eigenvalue weighted by Crippen LogP contribution is 2.43. The van der Waals surface area contributed by atoms with Crippen LogP contribution in [0.3, 0.4) is 0 Å². The number of hydrogen-bond donors (Lipinski definition) is 0. The molecule has 608 valence electrons. The number of hydrogen-bond acceptors (Lipinski definition) is 4. The van der Waals surface area contributed by atoms with Gasteiger partial charge in [0.25, 0.3) is 0 Å². The maximum atomic E-state index is 8.17. The molecule has 0 fully saturated rings. The number of aromatic nitrogens is 7. The molecule has 0 amide bonds. The molecule has 0 aliphatic heterocycles. The third-order valence-corrected chi connectivity index (χ3v) is 23.9. The Bertz CT molecular complexity index is 7800. The van der Waals surface area contributed by atoms with Crippen LogP contribution in [0.4, 0.5) is 0 Å². The average molecular weight is 1610 g/mol. The lowest BCUT2D eigenvalue weighted by Gasteiger charge is -2.12. The van der Waals surface area contributed by atoms with Crippen LogP contribution in [-0.2, 0) is 35.2 Å². The quantitative estimate of drug-likeness (QED) is 0.142. The van der Waals surface area contributed by atoms with Crippen molar-refractivity contribution in [2.24, 2.45) is 35.2 Å². The van der Waals surface area contributed by atoms with Gasteiger partial charge in [-0.15, -0.1) is 0 Å². The Morgan fingerprint density at radius 3 is 1.17 bits per heavy atom. The molecule has 0 aliphatic rings. The van der Waals surface area contributed by atoms with Gasteiger partial charge in [0.1, 0.15) is 35.2 Å². The smallest absolute Gasteiger partial charge is 0.227 e. The van der Waals surface area contributed by atoms with Crippen molar-refractivity contribution in [2.75, 3.05) is 0 Å². The van der Waals surface area contributed by atoms with Gasteiger partial charge in [0.2, 0.25) is 39.9 Å². The molecule has 19 aromatic rings. The molecule has 10 aromatic carbocycles. The molecule has 0 spiro atoms. The topological polar surface area (TPSA) is 71.5 Å². The molecule has 0 radical (unpaired) electrons. The standard InChI is InChI=1S/C27H25N2O.C26H23N2O.C22H26N.2C19H20N/c1-16-13-17(2)25(26-24(16)21-12-11-19(4)28-27(21)30-26)23-14-22(18(3)15-29(23)5)20-9-7-6-8-10-20;1-16-14-17(2)24(25-23(16)21-11-10-18(3)27-26(21)29-25)22-15-20(12-13-28(22)4)19-8-6-5-7-9-19;1-14(2)18-7-8-20-19(13-18)9-10-23(6)22(20)21-12-15(3)11-16(4)17(21)5;2*1-13-11-14(2)15(3)18(12-13)19-17-8-6-5-7-16(17)9-10-20(19)4/h6-15H,1-5H3;5-15H,1-4H3;7-14H,1-6H3;2*5-12H,1-4H3/q5*+1/i1D3,3D3;1D3;;2D3;. The molecule has 0 saturated heterocycles. The Balaban J connectivity index is 0.000000130. The lowest BCUT2D eigenvalue weighted by atomic mass is 9.93. The van der Waals surface area contributed by atoms with E-state index in [2.05, 4.69) is 233 Å². The molecule has 0 saturated carbocycles. The van der Waals surface area contributed by atoms with Crippen molar-refractivity contribution in [1.29, 1.82) is 0 Å². The van der Waals surface area contributed by atoms with Crippen molar-refractivity contribution in [3.8, 4) is 78.5 Å². The summed E-state index contributed by atoms with van der Waals surface area (Å²) in [5.74, 6) is 0.555. The maximum Gasteiger partial charge on any atom is 0.227 e. The molecule has 9 aromatic heterocycles. The number of aryl methyl sites for hydroxylation is 18. The van der Waals surface area contributed by atoms with Crippen LogP contribution in [-0.4, -0.2) is 9.97 Å². The molecule has 9 nitrogen and oxygen atoms in total. The molecular weight excluding hydrogens is 1490 g/mol. The van der Waals surface area contributed by atoms with E-state index in [4.69, 9.17) is 25.3 Å². The van der Waals surface area contributed by atoms with Gasteiger partial charge in [-0.2, -0.15) is 0 Å². The molecule has 0 atom stereocenters. The van der Waals surface area contributed by atoms with Gasteiger partial charge < -0.3 is 8.83 Å². The van der Waals surface area contributed by atoms with Crippen LogP contribution in [0.2, 0.25) is 0 Å². The van der Waals surface area contributed by atoms with E-state index in [0.29, 0.717) is 78.2 Å². The van der Waals surface area contributed by atoms with E-state index in [0.717, 1.165) is 83.4 Å². The van der Waals surface area contributed by atoms with E-state index < -0.39 is 27.4 Å². The van der Waals surface area contributed by atoms with Crippen molar-refractivity contribution < 1.29 is 48.1 Å². The number of nitrogens with zero attached hydrogens (tertiary/aromatic N) is 7. The highest BCUT2D eigenvalue weighted by molar-refractivity contribution is 6.12. The van der Waals surface area contributed by atoms with E-state index in [-0.39, 0.29) is 11.1 Å². The molecule has 0 N–H and O–H groups in total. The van der Waals surface area contributed by atoms with E-state index in [1.165, 1.54) is 83.0 Å². The summed E-state index contributed by atoms with van der Waals surface area (Å²) in [5.41, 5.74) is 31.5. The zero-order valence-corrected chi connectivity index (χ0v) is 73.4. The summed E-state index contributed by atoms with van der Waals surface area (Å²) in [6.07, 6.45) is 9.99. The lowest BCUT2D eigenvalue weighted by molar-refractivity contribution is -0.660. The normalized spacial score (nSPS) is 13.2. The van der Waals surface area contributed by atoms with Gasteiger partial charge in [0.15, 0.2) is 42.2 Å². The lowest BCUT2D eigenvalue weighted by Crippen LogP contribution is -2.31. The number of furan rings is 2. The third-order valence-electron chi connectivity index (χ3n) is 23.9. The Morgan fingerprint density at radius 2 is 0.705 bits per heavy atom. The Morgan fingerprint density at radius 1 is 0.303 bits per heavy atom. The van der Waals surface area contributed by atoms with Crippen LogP contribution in [0, 0.1) is 110 Å². The molecule has 19 rings (SSSR count). The van der Waals surface area contributed by atoms with Gasteiger partial charge >= 0.3 is 0 Å². The second kappa shape index (κ2) is 34.8. The fourth-order valence-electron chi connectivity index (χ4n) is 17.2. The summed E-state index contributed by atoms with van der Waals surface area (Å²) < 4.78 is 120. The highest BCUT2D eigenvalue weighted by Gasteiger charge is 2.28. The van der Waals surface area contributed by atoms with Crippen LogP contribution in [0.15, 0.2) is 276 Å². The van der Waals surface area contributed by atoms with Crippen LogP contribution >= 0.6 is 0 Å². The minimum atomic E-state index is -2.36. The molecule has 9 heterocycles. The first-order chi connectivity index (χ1) is 63.3. The van der Waals surface area contributed by atoms with E-state index in [1.807, 2.05) is 164 Å². The van der Waals surface area contributed by atoms with Crippen molar-refractivity contribution in [3.63, 3.8) is 0 Å². The Kier molecular flexibility index (Phi) is 19.8. The molecular formula is C113H114N7O2+5. The summed E-state index contributed by atoms with van der Waals surface area (Å²) in [7, 11) is 10.0. The number of rotatable bonds is 8. The second-order valence-corrected chi connectivity index (χ2v) is 33.2. The first-order valence-electron chi connectivity index (χ1n) is 47.6. The zero-order chi connectivity index (χ0) is 96.4. The van der Waals surface area contributed by atoms with Crippen LogP contribution in [0.5, 0.6) is 0 Å². The Hall–Kier alpha value is -13.4. The van der Waals surface area contributed by atoms with Crippen molar-refractivity contribution in [1.82, 2.24) is 9.97 Å². The molecule has 0 aliphatic carbocycles. The van der Waals surface area contributed by atoms with Gasteiger partial charge in [0, 0.05) is 91.3 Å². The minimum absolute atomic E-state index is 0.202. The zero-order valence-electron chi connectivity index (χ0n) is 85.4. The Labute approximate surface area is 737 Å². The third kappa shape index (κ3) is 16.6. The summed E-state index contributed by atoms with van der Waals surface area (Å²) in [6, 6.07) is 79.7. The van der Waals surface area contributed by atoms with Gasteiger partial charge in [-0.25, -0.2) is 32.8 Å². The van der Waals surface area contributed by atoms with E-state index >= 15 is 0 Å². The van der Waals surface area contributed by atoms with Crippen molar-refractivity contribution in [2.45, 2.75) is 130 Å². The number of pyridine rings is 7. The molecule has 9 heteroatoms. The summed E-state index contributed by atoms with van der Waals surface area (Å²) >= 11 is 0. The largest absolute Gasteiger partial charge is 0.437 e. The van der Waals surface area contributed by atoms with Crippen LogP contribution in [0.25, 0.3) is 155 Å². The van der Waals surface area contributed by atoms with Crippen LogP contribution in [0.1, 0.15) is 131 Å². The van der Waals surface area contributed by atoms with Crippen LogP contribution < -0.4 is 22.8 Å². The van der Waals surface area contributed by atoms with Gasteiger partial charge in [-0.1, -0.05) is 170 Å². The first kappa shape index (κ1) is 69.4. The summed E-state index contributed by atoms with van der Waals surface area (Å²) in [6.45, 7) is 20.0. The first-order valence-corrected chi connectivity index (χ1v) is 41.6. The SMILES string of the molecule is Cc1cc(C)c(C)c(-c2c3ccc(C(C)C)cc3cc[n+]2C)c1.Cc1cc(C)c(C)c(-c2c3ccccc3cc[n+]2C)c1.[2H]C([2H])([2H])c1c[n+](C)c(-c2c(C)cc(C([2H])([2H])[2H])c3c2oc2nc(C)ccc23)cc1-c1ccccc1.[2H]C([2H])([2H])c1cc(C)c(-c2cc(-c3ccccc3)cc[n+]2C)c2oc3nc(C)ccc3c12.[2H]C([2H])([2H])c1cc(C)cc(-c2c3ccccc3cc[n+]2C)c1C. The van der Waals surface area contributed by atoms with E-state index in [1.54, 1.807) is 36.0 Å². The fourth-order valence-corrected chi connectivity index (χ4v) is 17.2. The predicted octanol–water partition coefficient (Wildman–Crippen LogP) is 26.3. The molecule has 0 unspecified atom stereocenters. The fraction of sp³-hybridized carbons (Fsp3) is 0.212. The predicted molar refractivity (Wildman–Crippen MR) is 509 cm³/mol. The summed E-state index contributed by atoms with van der Waals surface area (Å²) in [4.78, 5) is 9.03. The van der Waals surface area contributed by atoms with Gasteiger partial charge in [-0.05, 0) is 277 Å². The maximum absolute atomic E-state index is 8.17. The number of fused-ring (bicyclic) bond motifs is 9. The molecule has 122 heavy (non-hydrogen) atoms. The monoisotopic (exact) mass is 1610 g/mol. The average Bonchev–Trinajstić information content (AvgIpc) is 1.55. The second-order valence-electron chi connectivity index (χ2n) is 33.2. The number of benzene rings is 10. The minimum Gasteiger partial charge on any atom is -0.437 e. The molecule has 0 bridgehead atoms. The van der Waals surface area contributed by atoms with Crippen molar-refractivity contribution in [3.05, 3.63) is 362 Å². The highest BCUT2D eigenvalue weighted by atomic mass is 16.3. The summed E-state index contributed by atoms with van der Waals surface area (Å²) in [5, 5.41) is 9.99. The van der Waals surface area contributed by atoms with Gasteiger partial charge in [0.05, 0.1) is 44.0 Å². The van der Waals surface area contributed by atoms with Crippen molar-refractivity contribution >= 4 is 76.5 Å².